The molecule has 2 amide bonds. The molecule has 0 saturated carbocycles. The number of nitrogens with zero attached hydrogens (tertiary/aromatic N) is 1. The SMILES string of the molecule is CCN(CC1CCOC1)C(=O)Nc1ccc(F)c(C(F)(F)F)c1. The minimum atomic E-state index is -4.81. The van der Waals surface area contributed by atoms with Gasteiger partial charge in [0.1, 0.15) is 5.82 Å². The van der Waals surface area contributed by atoms with Crippen LogP contribution in [0.3, 0.4) is 0 Å². The van der Waals surface area contributed by atoms with Crippen LogP contribution >= 0.6 is 0 Å². The van der Waals surface area contributed by atoms with Crippen LogP contribution in [0.5, 0.6) is 0 Å². The maximum atomic E-state index is 13.2. The van der Waals surface area contributed by atoms with E-state index in [0.29, 0.717) is 38.4 Å². The lowest BCUT2D eigenvalue weighted by molar-refractivity contribution is -0.139. The van der Waals surface area contributed by atoms with Crippen molar-refractivity contribution in [2.45, 2.75) is 19.5 Å². The van der Waals surface area contributed by atoms with E-state index in [0.717, 1.165) is 12.5 Å². The first-order valence-electron chi connectivity index (χ1n) is 7.31. The van der Waals surface area contributed by atoms with E-state index in [1.807, 2.05) is 0 Å². The molecule has 1 saturated heterocycles. The number of amides is 2. The third-order valence-corrected chi connectivity index (χ3v) is 3.69. The van der Waals surface area contributed by atoms with Crippen molar-refractivity contribution in [1.29, 1.82) is 0 Å². The number of alkyl halides is 3. The molecule has 1 aliphatic heterocycles. The Morgan fingerprint density at radius 3 is 2.74 bits per heavy atom. The van der Waals surface area contributed by atoms with E-state index < -0.39 is 23.6 Å². The van der Waals surface area contributed by atoms with Gasteiger partial charge in [0.15, 0.2) is 0 Å². The molecule has 128 valence electrons. The Hall–Kier alpha value is -1.83. The van der Waals surface area contributed by atoms with Crippen LogP contribution < -0.4 is 5.32 Å². The number of ether oxygens (including phenoxy) is 1. The Bertz CT molecular complexity index is 557. The second kappa shape index (κ2) is 7.16. The van der Waals surface area contributed by atoms with Crippen molar-refractivity contribution in [1.82, 2.24) is 4.90 Å². The van der Waals surface area contributed by atoms with Crippen LogP contribution in [0.4, 0.5) is 28.0 Å². The lowest BCUT2D eigenvalue weighted by atomic mass is 10.1. The summed E-state index contributed by atoms with van der Waals surface area (Å²) in [4.78, 5) is 13.7. The van der Waals surface area contributed by atoms with E-state index in [9.17, 15) is 22.4 Å². The molecule has 0 bridgehead atoms. The smallest absolute Gasteiger partial charge is 0.381 e. The first kappa shape index (κ1) is 17.5. The summed E-state index contributed by atoms with van der Waals surface area (Å²) in [5.41, 5.74) is -1.49. The lowest BCUT2D eigenvalue weighted by Crippen LogP contribution is -2.38. The monoisotopic (exact) mass is 334 g/mol. The van der Waals surface area contributed by atoms with Gasteiger partial charge in [0, 0.05) is 31.3 Å². The molecule has 23 heavy (non-hydrogen) atoms. The molecule has 0 spiro atoms. The van der Waals surface area contributed by atoms with Crippen LogP contribution in [0.25, 0.3) is 0 Å². The van der Waals surface area contributed by atoms with E-state index >= 15 is 0 Å². The van der Waals surface area contributed by atoms with Gasteiger partial charge < -0.3 is 15.0 Å². The summed E-state index contributed by atoms with van der Waals surface area (Å²) in [5.74, 6) is -1.15. The molecule has 1 aromatic rings. The fourth-order valence-electron chi connectivity index (χ4n) is 2.42. The summed E-state index contributed by atoms with van der Waals surface area (Å²) >= 11 is 0. The van der Waals surface area contributed by atoms with E-state index in [-0.39, 0.29) is 11.6 Å². The Labute approximate surface area is 131 Å². The summed E-state index contributed by atoms with van der Waals surface area (Å²) in [6, 6.07) is 1.88. The zero-order valence-corrected chi connectivity index (χ0v) is 12.6. The number of urea groups is 1. The van der Waals surface area contributed by atoms with Crippen LogP contribution in [0.2, 0.25) is 0 Å². The number of halogens is 4. The Balaban J connectivity index is 2.06. The quantitative estimate of drug-likeness (QED) is 0.853. The molecular weight excluding hydrogens is 316 g/mol. The number of nitrogens with one attached hydrogen (secondary N) is 1. The van der Waals surface area contributed by atoms with E-state index in [1.54, 1.807) is 6.92 Å². The van der Waals surface area contributed by atoms with Gasteiger partial charge in [0.2, 0.25) is 0 Å². The number of rotatable bonds is 4. The third kappa shape index (κ3) is 4.57. The largest absolute Gasteiger partial charge is 0.419 e. The highest BCUT2D eigenvalue weighted by atomic mass is 19.4. The third-order valence-electron chi connectivity index (χ3n) is 3.69. The lowest BCUT2D eigenvalue weighted by Gasteiger charge is -2.24. The van der Waals surface area contributed by atoms with Gasteiger partial charge in [-0.05, 0) is 31.5 Å². The highest BCUT2D eigenvalue weighted by molar-refractivity contribution is 5.89. The second-order valence-electron chi connectivity index (χ2n) is 5.39. The van der Waals surface area contributed by atoms with Gasteiger partial charge in [-0.2, -0.15) is 13.2 Å². The Morgan fingerprint density at radius 1 is 1.43 bits per heavy atom. The standard InChI is InChI=1S/C15H18F4N2O2/c1-2-21(8-10-5-6-23-9-10)14(22)20-11-3-4-13(16)12(7-11)15(17,18)19/h3-4,7,10H,2,5-6,8-9H2,1H3,(H,20,22). The Morgan fingerprint density at radius 2 is 2.17 bits per heavy atom. The topological polar surface area (TPSA) is 41.6 Å². The van der Waals surface area contributed by atoms with Crippen molar-refractivity contribution < 1.29 is 27.1 Å². The molecule has 0 aliphatic carbocycles. The maximum absolute atomic E-state index is 13.2. The molecule has 4 nitrogen and oxygen atoms in total. The summed E-state index contributed by atoms with van der Waals surface area (Å²) in [6.45, 7) is 3.88. The molecule has 2 rings (SSSR count). The van der Waals surface area contributed by atoms with Crippen molar-refractivity contribution in [3.8, 4) is 0 Å². The minimum absolute atomic E-state index is 0.0927. The van der Waals surface area contributed by atoms with Gasteiger partial charge in [-0.3, -0.25) is 0 Å². The molecular formula is C15H18F4N2O2. The van der Waals surface area contributed by atoms with Crippen LogP contribution in [0, 0.1) is 11.7 Å². The van der Waals surface area contributed by atoms with Crippen molar-refractivity contribution in [2.24, 2.45) is 5.92 Å². The fourth-order valence-corrected chi connectivity index (χ4v) is 2.42. The normalized spacial score (nSPS) is 18.0. The zero-order valence-electron chi connectivity index (χ0n) is 12.6. The predicted octanol–water partition coefficient (Wildman–Crippen LogP) is 3.73. The molecule has 0 aromatic heterocycles. The number of hydrogen-bond donors (Lipinski definition) is 1. The number of benzene rings is 1. The van der Waals surface area contributed by atoms with Gasteiger partial charge in [-0.1, -0.05) is 0 Å². The van der Waals surface area contributed by atoms with Gasteiger partial charge in [-0.15, -0.1) is 0 Å². The van der Waals surface area contributed by atoms with Crippen LogP contribution in [0.15, 0.2) is 18.2 Å². The number of carbonyl (C=O) groups is 1. The van der Waals surface area contributed by atoms with Crippen molar-refractivity contribution in [2.75, 3.05) is 31.6 Å². The average molecular weight is 334 g/mol. The predicted molar refractivity (Wildman–Crippen MR) is 76.6 cm³/mol. The molecule has 1 atom stereocenters. The maximum Gasteiger partial charge on any atom is 0.419 e. The van der Waals surface area contributed by atoms with E-state index in [2.05, 4.69) is 5.32 Å². The summed E-state index contributed by atoms with van der Waals surface area (Å²) in [6.07, 6.45) is -3.96. The number of hydrogen-bond acceptors (Lipinski definition) is 2. The zero-order chi connectivity index (χ0) is 17.0. The molecule has 1 aromatic carbocycles. The molecule has 0 radical (unpaired) electrons. The highest BCUT2D eigenvalue weighted by Gasteiger charge is 2.34. The highest BCUT2D eigenvalue weighted by Crippen LogP contribution is 2.33. The molecule has 1 N–H and O–H groups in total. The average Bonchev–Trinajstić information content (AvgIpc) is 2.98. The van der Waals surface area contributed by atoms with Crippen molar-refractivity contribution in [3.63, 3.8) is 0 Å². The van der Waals surface area contributed by atoms with Gasteiger partial charge in [0.05, 0.1) is 12.2 Å². The minimum Gasteiger partial charge on any atom is -0.381 e. The van der Waals surface area contributed by atoms with Gasteiger partial charge in [-0.25, -0.2) is 9.18 Å². The Kier molecular flexibility index (Phi) is 5.46. The fraction of sp³-hybridized carbons (Fsp3) is 0.533. The first-order chi connectivity index (χ1) is 10.8. The van der Waals surface area contributed by atoms with E-state index in [1.165, 1.54) is 4.90 Å². The van der Waals surface area contributed by atoms with E-state index in [4.69, 9.17) is 4.74 Å². The molecule has 1 unspecified atom stereocenters. The van der Waals surface area contributed by atoms with Gasteiger partial charge >= 0.3 is 12.2 Å². The van der Waals surface area contributed by atoms with Crippen molar-refractivity contribution >= 4 is 11.7 Å². The molecule has 1 fully saturated rings. The number of anilines is 1. The van der Waals surface area contributed by atoms with Crippen LogP contribution in [0.1, 0.15) is 18.9 Å². The van der Waals surface area contributed by atoms with Crippen molar-refractivity contribution in [3.05, 3.63) is 29.6 Å². The first-order valence-corrected chi connectivity index (χ1v) is 7.31. The summed E-state index contributed by atoms with van der Waals surface area (Å²) < 4.78 is 56.5. The number of carbonyl (C=O) groups excluding carboxylic acids is 1. The van der Waals surface area contributed by atoms with Crippen LogP contribution in [-0.4, -0.2) is 37.2 Å². The second-order valence-corrected chi connectivity index (χ2v) is 5.39. The van der Waals surface area contributed by atoms with Crippen LogP contribution in [-0.2, 0) is 10.9 Å². The molecule has 1 aliphatic rings. The summed E-state index contributed by atoms with van der Waals surface area (Å²) in [7, 11) is 0. The summed E-state index contributed by atoms with van der Waals surface area (Å²) in [5, 5.41) is 2.39. The molecule has 1 heterocycles. The molecule has 8 heteroatoms. The van der Waals surface area contributed by atoms with Gasteiger partial charge in [0.25, 0.3) is 0 Å².